The number of nitrogens with zero attached hydrogens (tertiary/aromatic N) is 2. The molecule has 2 N–H and O–H groups in total. The van der Waals surface area contributed by atoms with Crippen LogP contribution in [0.25, 0.3) is 0 Å². The lowest BCUT2D eigenvalue weighted by atomic mass is 9.95. The molecule has 0 atom stereocenters. The Morgan fingerprint density at radius 3 is 2.86 bits per heavy atom. The molecule has 112 valence electrons. The fraction of sp³-hybridized carbons (Fsp3) is 0.500. The summed E-state index contributed by atoms with van der Waals surface area (Å²) in [6, 6.07) is 6.37. The molecule has 5 heteroatoms. The zero-order valence-corrected chi connectivity index (χ0v) is 12.4. The number of furan rings is 1. The highest BCUT2D eigenvalue weighted by Crippen LogP contribution is 2.21. The summed E-state index contributed by atoms with van der Waals surface area (Å²) >= 11 is 0. The monoisotopic (exact) mass is 286 g/mol. The van der Waals surface area contributed by atoms with Gasteiger partial charge in [-0.15, -0.1) is 0 Å². The summed E-state index contributed by atoms with van der Waals surface area (Å²) < 4.78 is 5.30. The van der Waals surface area contributed by atoms with E-state index in [4.69, 9.17) is 4.42 Å². The van der Waals surface area contributed by atoms with Gasteiger partial charge in [0.15, 0.2) is 0 Å². The van der Waals surface area contributed by atoms with E-state index in [0.29, 0.717) is 18.5 Å². The van der Waals surface area contributed by atoms with Gasteiger partial charge >= 0.3 is 0 Å². The van der Waals surface area contributed by atoms with Crippen LogP contribution in [0, 0.1) is 6.92 Å². The molecule has 0 radical (unpaired) electrons. The Kier molecular flexibility index (Phi) is 4.38. The second-order valence-corrected chi connectivity index (χ2v) is 5.63. The minimum atomic E-state index is 0.547. The fourth-order valence-electron chi connectivity index (χ4n) is 2.76. The van der Waals surface area contributed by atoms with Gasteiger partial charge in [0.05, 0.1) is 12.8 Å². The van der Waals surface area contributed by atoms with E-state index in [2.05, 4.69) is 20.6 Å². The third kappa shape index (κ3) is 3.97. The summed E-state index contributed by atoms with van der Waals surface area (Å²) in [4.78, 5) is 8.97. The minimum Gasteiger partial charge on any atom is -0.467 e. The lowest BCUT2D eigenvalue weighted by molar-refractivity contribution is 0.462. The fourth-order valence-corrected chi connectivity index (χ4v) is 2.76. The molecule has 1 aliphatic rings. The van der Waals surface area contributed by atoms with Gasteiger partial charge in [0.25, 0.3) is 0 Å². The normalized spacial score (nSPS) is 15.9. The smallest absolute Gasteiger partial charge is 0.225 e. The van der Waals surface area contributed by atoms with E-state index in [1.54, 1.807) is 6.26 Å². The van der Waals surface area contributed by atoms with E-state index < -0.39 is 0 Å². The maximum atomic E-state index is 5.30. The van der Waals surface area contributed by atoms with Crippen molar-refractivity contribution in [3.63, 3.8) is 0 Å². The summed E-state index contributed by atoms with van der Waals surface area (Å²) in [7, 11) is 0. The molecule has 0 spiro atoms. The Labute approximate surface area is 125 Å². The van der Waals surface area contributed by atoms with Crippen molar-refractivity contribution >= 4 is 11.8 Å². The first-order chi connectivity index (χ1) is 10.3. The average Bonchev–Trinajstić information content (AvgIpc) is 2.99. The van der Waals surface area contributed by atoms with Crippen LogP contribution in [-0.4, -0.2) is 16.0 Å². The molecule has 5 nitrogen and oxygen atoms in total. The SMILES string of the molecule is Cc1cc(NC2CCCCC2)nc(NCc2ccco2)n1. The van der Waals surface area contributed by atoms with Crippen LogP contribution >= 0.6 is 0 Å². The van der Waals surface area contributed by atoms with Gasteiger partial charge in [-0.05, 0) is 31.9 Å². The Morgan fingerprint density at radius 2 is 2.10 bits per heavy atom. The number of aryl methyl sites for hydroxylation is 1. The summed E-state index contributed by atoms with van der Waals surface area (Å²) in [6.45, 7) is 2.59. The first-order valence-corrected chi connectivity index (χ1v) is 7.68. The Hall–Kier alpha value is -2.04. The second kappa shape index (κ2) is 6.61. The number of aromatic nitrogens is 2. The standard InChI is InChI=1S/C16H22N4O/c1-12-10-15(19-13-6-3-2-4-7-13)20-16(18-12)17-11-14-8-5-9-21-14/h5,8-10,13H,2-4,6-7,11H2,1H3,(H2,17,18,19,20). The van der Waals surface area contributed by atoms with Crippen molar-refractivity contribution in [1.29, 1.82) is 0 Å². The second-order valence-electron chi connectivity index (χ2n) is 5.63. The van der Waals surface area contributed by atoms with Crippen molar-refractivity contribution in [1.82, 2.24) is 9.97 Å². The molecule has 2 aromatic rings. The molecule has 0 bridgehead atoms. The van der Waals surface area contributed by atoms with Crippen molar-refractivity contribution in [2.75, 3.05) is 10.6 Å². The predicted octanol–water partition coefficient (Wildman–Crippen LogP) is 3.73. The lowest BCUT2D eigenvalue weighted by Crippen LogP contribution is -2.23. The molecule has 0 saturated heterocycles. The molecule has 1 aliphatic carbocycles. The minimum absolute atomic E-state index is 0.547. The van der Waals surface area contributed by atoms with Crippen LogP contribution in [0.3, 0.4) is 0 Å². The maximum Gasteiger partial charge on any atom is 0.225 e. The van der Waals surface area contributed by atoms with Gasteiger partial charge in [-0.2, -0.15) is 4.98 Å². The van der Waals surface area contributed by atoms with Crippen LogP contribution in [-0.2, 0) is 6.54 Å². The largest absolute Gasteiger partial charge is 0.467 e. The van der Waals surface area contributed by atoms with E-state index in [1.807, 2.05) is 25.1 Å². The van der Waals surface area contributed by atoms with E-state index in [0.717, 1.165) is 17.3 Å². The Morgan fingerprint density at radius 1 is 1.24 bits per heavy atom. The lowest BCUT2D eigenvalue weighted by Gasteiger charge is -2.23. The summed E-state index contributed by atoms with van der Waals surface area (Å²) in [5.41, 5.74) is 0.963. The van der Waals surface area contributed by atoms with Crippen LogP contribution < -0.4 is 10.6 Å². The molecule has 21 heavy (non-hydrogen) atoms. The first-order valence-electron chi connectivity index (χ1n) is 7.68. The highest BCUT2D eigenvalue weighted by molar-refractivity contribution is 5.43. The topological polar surface area (TPSA) is 63.0 Å². The van der Waals surface area contributed by atoms with Crippen LogP contribution in [0.5, 0.6) is 0 Å². The van der Waals surface area contributed by atoms with Crippen LogP contribution in [0.15, 0.2) is 28.9 Å². The zero-order chi connectivity index (χ0) is 14.5. The van der Waals surface area contributed by atoms with E-state index in [-0.39, 0.29) is 0 Å². The molecule has 0 aromatic carbocycles. The maximum absolute atomic E-state index is 5.30. The molecule has 2 aromatic heterocycles. The predicted molar refractivity (Wildman–Crippen MR) is 83.3 cm³/mol. The van der Waals surface area contributed by atoms with Crippen LogP contribution in [0.2, 0.25) is 0 Å². The molecule has 0 aliphatic heterocycles. The molecular weight excluding hydrogens is 264 g/mol. The number of nitrogens with one attached hydrogen (secondary N) is 2. The van der Waals surface area contributed by atoms with Crippen molar-refractivity contribution in [3.05, 3.63) is 35.9 Å². The summed E-state index contributed by atoms with van der Waals surface area (Å²) in [5, 5.41) is 6.75. The van der Waals surface area contributed by atoms with Gasteiger partial charge in [0, 0.05) is 17.8 Å². The van der Waals surface area contributed by atoms with E-state index >= 15 is 0 Å². The van der Waals surface area contributed by atoms with Crippen molar-refractivity contribution in [2.45, 2.75) is 51.6 Å². The summed E-state index contributed by atoms with van der Waals surface area (Å²) in [5.74, 6) is 2.43. The van der Waals surface area contributed by atoms with Crippen molar-refractivity contribution in [3.8, 4) is 0 Å². The average molecular weight is 286 g/mol. The number of anilines is 2. The highest BCUT2D eigenvalue weighted by atomic mass is 16.3. The van der Waals surface area contributed by atoms with Gasteiger partial charge in [-0.3, -0.25) is 0 Å². The quantitative estimate of drug-likeness (QED) is 0.876. The third-order valence-corrected chi connectivity index (χ3v) is 3.81. The van der Waals surface area contributed by atoms with Crippen molar-refractivity contribution < 1.29 is 4.42 Å². The Bertz CT molecular complexity index is 562. The highest BCUT2D eigenvalue weighted by Gasteiger charge is 2.14. The Balaban J connectivity index is 1.64. The molecule has 3 rings (SSSR count). The van der Waals surface area contributed by atoms with Gasteiger partial charge in [0.2, 0.25) is 5.95 Å². The molecule has 0 amide bonds. The van der Waals surface area contributed by atoms with Gasteiger partial charge in [0.1, 0.15) is 11.6 Å². The zero-order valence-electron chi connectivity index (χ0n) is 12.4. The number of hydrogen-bond donors (Lipinski definition) is 2. The molecule has 1 saturated carbocycles. The van der Waals surface area contributed by atoms with Crippen LogP contribution in [0.1, 0.15) is 43.6 Å². The number of rotatable bonds is 5. The summed E-state index contributed by atoms with van der Waals surface area (Å²) in [6.07, 6.45) is 8.12. The molecule has 2 heterocycles. The van der Waals surface area contributed by atoms with Gasteiger partial charge in [-0.1, -0.05) is 19.3 Å². The molecule has 1 fully saturated rings. The van der Waals surface area contributed by atoms with E-state index in [1.165, 1.54) is 32.1 Å². The third-order valence-electron chi connectivity index (χ3n) is 3.81. The first kappa shape index (κ1) is 13.9. The molecular formula is C16H22N4O. The van der Waals surface area contributed by atoms with E-state index in [9.17, 15) is 0 Å². The van der Waals surface area contributed by atoms with Gasteiger partial charge in [-0.25, -0.2) is 4.98 Å². The molecule has 0 unspecified atom stereocenters. The van der Waals surface area contributed by atoms with Crippen molar-refractivity contribution in [2.24, 2.45) is 0 Å². The number of hydrogen-bond acceptors (Lipinski definition) is 5. The van der Waals surface area contributed by atoms with Gasteiger partial charge < -0.3 is 15.1 Å². The van der Waals surface area contributed by atoms with Crippen LogP contribution in [0.4, 0.5) is 11.8 Å².